The van der Waals surface area contributed by atoms with E-state index >= 15 is 0 Å². The first-order chi connectivity index (χ1) is 12.0. The minimum Gasteiger partial charge on any atom is -0.490 e. The summed E-state index contributed by atoms with van der Waals surface area (Å²) in [7, 11) is 0. The van der Waals surface area contributed by atoms with Crippen LogP contribution in [0.4, 0.5) is 0 Å². The summed E-state index contributed by atoms with van der Waals surface area (Å²) in [5.74, 6) is -0.825. The van der Waals surface area contributed by atoms with Crippen molar-refractivity contribution in [3.63, 3.8) is 0 Å². The summed E-state index contributed by atoms with van der Waals surface area (Å²) in [6.45, 7) is 6.24. The number of hydrogen-bond donors (Lipinski definition) is 2. The van der Waals surface area contributed by atoms with Gasteiger partial charge in [-0.3, -0.25) is 9.59 Å². The normalized spacial score (nSPS) is 11.0. The van der Waals surface area contributed by atoms with Crippen molar-refractivity contribution in [2.75, 3.05) is 6.54 Å². The number of rotatable bonds is 6. The smallest absolute Gasteiger partial charge is 0.329 e. The second kappa shape index (κ2) is 8.82. The van der Waals surface area contributed by atoms with Gasteiger partial charge in [0.25, 0.3) is 0 Å². The maximum Gasteiger partial charge on any atom is 0.329 e. The fraction of sp³-hybridized carbons (Fsp3) is 0.316. The Bertz CT molecular complexity index is 785. The number of nitrogens with one attached hydrogen (secondary N) is 2. The minimum absolute atomic E-state index is 0.00252. The van der Waals surface area contributed by atoms with Crippen LogP contribution in [0, 0.1) is 0 Å². The van der Waals surface area contributed by atoms with Crippen LogP contribution in [0.2, 0.25) is 0 Å². The average molecular weight is 341 g/mol. The summed E-state index contributed by atoms with van der Waals surface area (Å²) in [5, 5.41) is 8.41. The lowest BCUT2D eigenvalue weighted by atomic mass is 10.0. The van der Waals surface area contributed by atoms with Gasteiger partial charge in [-0.1, -0.05) is 37.3 Å². The van der Waals surface area contributed by atoms with Gasteiger partial charge in [0.15, 0.2) is 0 Å². The Hall–Kier alpha value is -2.89. The third-order valence-electron chi connectivity index (χ3n) is 3.39. The van der Waals surface area contributed by atoms with Crippen molar-refractivity contribution in [1.82, 2.24) is 10.7 Å². The lowest BCUT2D eigenvalue weighted by Gasteiger charge is -2.14. The van der Waals surface area contributed by atoms with E-state index in [-0.39, 0.29) is 6.10 Å². The van der Waals surface area contributed by atoms with Crippen LogP contribution >= 0.6 is 0 Å². The molecule has 2 rings (SSSR count). The first kappa shape index (κ1) is 18.4. The number of amides is 2. The van der Waals surface area contributed by atoms with Gasteiger partial charge in [-0.15, -0.1) is 0 Å². The van der Waals surface area contributed by atoms with E-state index in [2.05, 4.69) is 15.8 Å². The van der Waals surface area contributed by atoms with E-state index in [0.29, 0.717) is 12.3 Å². The summed E-state index contributed by atoms with van der Waals surface area (Å²) < 4.78 is 5.83. The molecule has 2 amide bonds. The molecule has 0 saturated heterocycles. The summed E-state index contributed by atoms with van der Waals surface area (Å²) >= 11 is 0. The van der Waals surface area contributed by atoms with Gasteiger partial charge < -0.3 is 10.1 Å². The van der Waals surface area contributed by atoms with Gasteiger partial charge in [-0.05, 0) is 37.1 Å². The molecular formula is C19H23N3O3. The monoisotopic (exact) mass is 341 g/mol. The van der Waals surface area contributed by atoms with E-state index in [1.807, 2.05) is 57.2 Å². The molecule has 0 aliphatic carbocycles. The number of benzene rings is 2. The number of hydrazone groups is 1. The number of fused-ring (bicyclic) bond motifs is 1. The van der Waals surface area contributed by atoms with Gasteiger partial charge in [-0.25, -0.2) is 5.43 Å². The molecule has 0 aliphatic rings. The van der Waals surface area contributed by atoms with Gasteiger partial charge >= 0.3 is 11.8 Å². The summed E-state index contributed by atoms with van der Waals surface area (Å²) in [5.41, 5.74) is 3.00. The molecule has 0 radical (unpaired) electrons. The molecule has 2 aromatic rings. The molecule has 132 valence electrons. The Labute approximate surface area is 147 Å². The zero-order valence-corrected chi connectivity index (χ0v) is 14.7. The van der Waals surface area contributed by atoms with Crippen molar-refractivity contribution in [2.45, 2.75) is 33.3 Å². The zero-order valence-electron chi connectivity index (χ0n) is 14.7. The van der Waals surface area contributed by atoms with Crippen molar-refractivity contribution in [2.24, 2.45) is 5.10 Å². The lowest BCUT2D eigenvalue weighted by Crippen LogP contribution is -2.38. The van der Waals surface area contributed by atoms with Gasteiger partial charge in [-0.2, -0.15) is 5.10 Å². The largest absolute Gasteiger partial charge is 0.490 e. The first-order valence-electron chi connectivity index (χ1n) is 8.32. The second-order valence-electron chi connectivity index (χ2n) is 5.82. The van der Waals surface area contributed by atoms with Crippen molar-refractivity contribution < 1.29 is 14.3 Å². The molecule has 2 aromatic carbocycles. The van der Waals surface area contributed by atoms with Crippen LogP contribution in [0.3, 0.4) is 0 Å². The van der Waals surface area contributed by atoms with Crippen molar-refractivity contribution >= 4 is 28.8 Å². The van der Waals surface area contributed by atoms with E-state index in [9.17, 15) is 9.59 Å². The van der Waals surface area contributed by atoms with E-state index in [1.165, 1.54) is 6.21 Å². The fourth-order valence-electron chi connectivity index (χ4n) is 2.29. The van der Waals surface area contributed by atoms with Crippen LogP contribution in [-0.2, 0) is 9.59 Å². The van der Waals surface area contributed by atoms with Crippen LogP contribution < -0.4 is 15.5 Å². The van der Waals surface area contributed by atoms with Gasteiger partial charge in [0, 0.05) is 12.1 Å². The summed E-state index contributed by atoms with van der Waals surface area (Å²) in [6, 6.07) is 11.7. The fourth-order valence-corrected chi connectivity index (χ4v) is 2.29. The van der Waals surface area contributed by atoms with Crippen molar-refractivity contribution in [3.8, 4) is 5.75 Å². The number of ether oxygens (including phenoxy) is 1. The molecule has 0 unspecified atom stereocenters. The maximum absolute atomic E-state index is 11.7. The van der Waals surface area contributed by atoms with Crippen LogP contribution in [0.1, 0.15) is 32.8 Å². The third kappa shape index (κ3) is 5.04. The van der Waals surface area contributed by atoms with Crippen LogP contribution in [0.15, 0.2) is 41.5 Å². The lowest BCUT2D eigenvalue weighted by molar-refractivity contribution is -0.139. The van der Waals surface area contributed by atoms with E-state index in [0.717, 1.165) is 22.8 Å². The molecule has 0 saturated carbocycles. The molecule has 6 nitrogen and oxygen atoms in total. The van der Waals surface area contributed by atoms with Crippen molar-refractivity contribution in [1.29, 1.82) is 0 Å². The SMILES string of the molecule is CCCNC(=O)C(=O)N/N=C\c1c(OC(C)C)ccc2ccccc12. The Morgan fingerprint density at radius 2 is 1.92 bits per heavy atom. The molecule has 2 N–H and O–H groups in total. The molecule has 6 heteroatoms. The molecule has 0 atom stereocenters. The predicted molar refractivity (Wildman–Crippen MR) is 98.7 cm³/mol. The molecule has 0 spiro atoms. The maximum atomic E-state index is 11.7. The Balaban J connectivity index is 2.23. The highest BCUT2D eigenvalue weighted by atomic mass is 16.5. The molecule has 0 bridgehead atoms. The highest BCUT2D eigenvalue weighted by molar-refractivity contribution is 6.35. The number of carbonyl (C=O) groups excluding carboxylic acids is 2. The molecule has 0 aliphatic heterocycles. The zero-order chi connectivity index (χ0) is 18.2. The Kier molecular flexibility index (Phi) is 6.51. The van der Waals surface area contributed by atoms with Gasteiger partial charge in [0.2, 0.25) is 0 Å². The third-order valence-corrected chi connectivity index (χ3v) is 3.39. The van der Waals surface area contributed by atoms with Crippen LogP contribution in [0.25, 0.3) is 10.8 Å². The van der Waals surface area contributed by atoms with Gasteiger partial charge in [0.1, 0.15) is 5.75 Å². The molecule has 0 fully saturated rings. The second-order valence-corrected chi connectivity index (χ2v) is 5.82. The standard InChI is InChI=1S/C19H23N3O3/c1-4-11-20-18(23)19(24)22-21-12-16-15-8-6-5-7-14(15)9-10-17(16)25-13(2)3/h5-10,12-13H,4,11H2,1-3H3,(H,20,23)(H,22,24)/b21-12-. The Morgan fingerprint density at radius 3 is 2.64 bits per heavy atom. The highest BCUT2D eigenvalue weighted by Gasteiger charge is 2.12. The summed E-state index contributed by atoms with van der Waals surface area (Å²) in [4.78, 5) is 23.2. The summed E-state index contributed by atoms with van der Waals surface area (Å²) in [6.07, 6.45) is 2.27. The van der Waals surface area contributed by atoms with E-state index in [4.69, 9.17) is 4.74 Å². The number of nitrogens with zero attached hydrogens (tertiary/aromatic N) is 1. The topological polar surface area (TPSA) is 79.8 Å². The number of carbonyl (C=O) groups is 2. The van der Waals surface area contributed by atoms with E-state index in [1.54, 1.807) is 0 Å². The van der Waals surface area contributed by atoms with Crippen molar-refractivity contribution in [3.05, 3.63) is 42.0 Å². The van der Waals surface area contributed by atoms with Crippen LogP contribution in [0.5, 0.6) is 5.75 Å². The first-order valence-corrected chi connectivity index (χ1v) is 8.32. The molecule has 0 aromatic heterocycles. The van der Waals surface area contributed by atoms with Crippen LogP contribution in [-0.4, -0.2) is 30.7 Å². The molecule has 0 heterocycles. The highest BCUT2D eigenvalue weighted by Crippen LogP contribution is 2.27. The molecular weight excluding hydrogens is 318 g/mol. The average Bonchev–Trinajstić information content (AvgIpc) is 2.60. The Morgan fingerprint density at radius 1 is 1.16 bits per heavy atom. The molecule has 25 heavy (non-hydrogen) atoms. The predicted octanol–water partition coefficient (Wildman–Crippen LogP) is 2.60. The van der Waals surface area contributed by atoms with E-state index < -0.39 is 11.8 Å². The minimum atomic E-state index is -0.795. The number of hydrogen-bond acceptors (Lipinski definition) is 4. The van der Waals surface area contributed by atoms with Gasteiger partial charge in [0.05, 0.1) is 12.3 Å². The quantitative estimate of drug-likeness (QED) is 0.481.